The summed E-state index contributed by atoms with van der Waals surface area (Å²) < 4.78 is 0. The van der Waals surface area contributed by atoms with Crippen molar-refractivity contribution in [3.05, 3.63) is 59.4 Å². The summed E-state index contributed by atoms with van der Waals surface area (Å²) in [7, 11) is 0. The molecular weight excluding hydrogens is 328 g/mol. The first-order valence-corrected chi connectivity index (χ1v) is 8.74. The molecule has 0 atom stereocenters. The summed E-state index contributed by atoms with van der Waals surface area (Å²) in [5, 5.41) is 14.8. The van der Waals surface area contributed by atoms with Crippen LogP contribution in [0.5, 0.6) is 0 Å². The van der Waals surface area contributed by atoms with Crippen molar-refractivity contribution in [2.75, 3.05) is 5.32 Å². The molecule has 0 bridgehead atoms. The van der Waals surface area contributed by atoms with E-state index in [2.05, 4.69) is 15.6 Å². The van der Waals surface area contributed by atoms with Gasteiger partial charge in [0.25, 0.3) is 11.8 Å². The number of nitriles is 1. The summed E-state index contributed by atoms with van der Waals surface area (Å²) >= 11 is 0. The Morgan fingerprint density at radius 3 is 2.46 bits per heavy atom. The SMILES string of the molecule is N#Cc1ccccc1NC(=O)c1cncc(C(=O)NC2CCCCC2)c1. The van der Waals surface area contributed by atoms with E-state index in [1.165, 1.54) is 24.9 Å². The number of carbonyl (C=O) groups excluding carboxylic acids is 2. The molecular formula is C20H20N4O2. The number of aromatic nitrogens is 1. The predicted molar refractivity (Wildman–Crippen MR) is 97.7 cm³/mol. The number of nitrogens with zero attached hydrogens (tertiary/aromatic N) is 2. The van der Waals surface area contributed by atoms with Crippen LogP contribution in [0.1, 0.15) is 58.4 Å². The normalized spacial score (nSPS) is 14.3. The van der Waals surface area contributed by atoms with E-state index in [0.29, 0.717) is 16.8 Å². The fraction of sp³-hybridized carbons (Fsp3) is 0.300. The van der Waals surface area contributed by atoms with Crippen molar-refractivity contribution >= 4 is 17.5 Å². The molecule has 3 rings (SSSR count). The van der Waals surface area contributed by atoms with Gasteiger partial charge in [0.05, 0.1) is 22.4 Å². The van der Waals surface area contributed by atoms with Crippen LogP contribution < -0.4 is 10.6 Å². The van der Waals surface area contributed by atoms with Gasteiger partial charge in [-0.25, -0.2) is 0 Å². The molecule has 2 N–H and O–H groups in total. The zero-order valence-corrected chi connectivity index (χ0v) is 14.4. The van der Waals surface area contributed by atoms with Gasteiger partial charge in [0.1, 0.15) is 6.07 Å². The molecule has 6 heteroatoms. The van der Waals surface area contributed by atoms with Crippen LogP contribution in [0.25, 0.3) is 0 Å². The summed E-state index contributed by atoms with van der Waals surface area (Å²) in [6.45, 7) is 0. The van der Waals surface area contributed by atoms with Gasteiger partial charge in [-0.3, -0.25) is 14.6 Å². The Morgan fingerprint density at radius 1 is 1.04 bits per heavy atom. The van der Waals surface area contributed by atoms with Gasteiger partial charge in [-0.15, -0.1) is 0 Å². The molecule has 1 aromatic carbocycles. The van der Waals surface area contributed by atoms with E-state index >= 15 is 0 Å². The third-order valence-electron chi connectivity index (χ3n) is 4.50. The average molecular weight is 348 g/mol. The molecule has 2 aromatic rings. The number of para-hydroxylation sites is 1. The quantitative estimate of drug-likeness (QED) is 0.886. The fourth-order valence-electron chi connectivity index (χ4n) is 3.09. The average Bonchev–Trinajstić information content (AvgIpc) is 2.69. The third kappa shape index (κ3) is 4.25. The smallest absolute Gasteiger partial charge is 0.257 e. The predicted octanol–water partition coefficient (Wildman–Crippen LogP) is 3.27. The van der Waals surface area contributed by atoms with Gasteiger partial charge in [-0.2, -0.15) is 5.26 Å². The molecule has 1 aliphatic rings. The van der Waals surface area contributed by atoms with Crippen LogP contribution in [-0.2, 0) is 0 Å². The van der Waals surface area contributed by atoms with E-state index in [4.69, 9.17) is 5.26 Å². The number of anilines is 1. The summed E-state index contributed by atoms with van der Waals surface area (Å²) in [5.74, 6) is -0.621. The lowest BCUT2D eigenvalue weighted by Crippen LogP contribution is -2.36. The molecule has 2 amide bonds. The molecule has 1 saturated carbocycles. The highest BCUT2D eigenvalue weighted by atomic mass is 16.2. The van der Waals surface area contributed by atoms with Gasteiger partial charge >= 0.3 is 0 Å². The van der Waals surface area contributed by atoms with Crippen LogP contribution in [0.2, 0.25) is 0 Å². The molecule has 1 aromatic heterocycles. The standard InChI is InChI=1S/C20H20N4O2/c21-11-14-6-4-5-9-18(14)24-20(26)16-10-15(12-22-13-16)19(25)23-17-7-2-1-3-8-17/h4-6,9-10,12-13,17H,1-3,7-8H2,(H,23,25)(H,24,26). The van der Waals surface area contributed by atoms with Crippen molar-refractivity contribution in [2.24, 2.45) is 0 Å². The van der Waals surface area contributed by atoms with Crippen LogP contribution in [-0.4, -0.2) is 22.8 Å². The summed E-state index contributed by atoms with van der Waals surface area (Å²) in [6, 6.07) is 10.5. The number of pyridine rings is 1. The highest BCUT2D eigenvalue weighted by Crippen LogP contribution is 2.18. The molecule has 0 spiro atoms. The molecule has 6 nitrogen and oxygen atoms in total. The van der Waals surface area contributed by atoms with Crippen LogP contribution in [0, 0.1) is 11.3 Å². The number of nitrogens with one attached hydrogen (secondary N) is 2. The highest BCUT2D eigenvalue weighted by molar-refractivity contribution is 6.06. The first kappa shape index (κ1) is 17.6. The van der Waals surface area contributed by atoms with Crippen LogP contribution >= 0.6 is 0 Å². The molecule has 26 heavy (non-hydrogen) atoms. The lowest BCUT2D eigenvalue weighted by atomic mass is 9.95. The Kier molecular flexibility index (Phi) is 5.59. The molecule has 0 unspecified atom stereocenters. The number of rotatable bonds is 4. The molecule has 132 valence electrons. The minimum absolute atomic E-state index is 0.191. The van der Waals surface area contributed by atoms with E-state index in [1.54, 1.807) is 24.3 Å². The van der Waals surface area contributed by atoms with E-state index < -0.39 is 5.91 Å². The van der Waals surface area contributed by atoms with Crippen molar-refractivity contribution in [1.82, 2.24) is 10.3 Å². The molecule has 0 radical (unpaired) electrons. The Labute approximate surface area is 152 Å². The molecule has 1 fully saturated rings. The minimum atomic E-state index is -0.410. The first-order chi connectivity index (χ1) is 12.7. The topological polar surface area (TPSA) is 94.9 Å². The molecule has 0 saturated heterocycles. The monoisotopic (exact) mass is 348 g/mol. The maximum Gasteiger partial charge on any atom is 0.257 e. The second kappa shape index (κ2) is 8.26. The largest absolute Gasteiger partial charge is 0.349 e. The number of hydrogen-bond acceptors (Lipinski definition) is 4. The number of benzene rings is 1. The Balaban J connectivity index is 1.71. The van der Waals surface area contributed by atoms with Crippen molar-refractivity contribution in [3.8, 4) is 6.07 Å². The van der Waals surface area contributed by atoms with Gasteiger partial charge in [0.15, 0.2) is 0 Å². The van der Waals surface area contributed by atoms with E-state index in [-0.39, 0.29) is 17.5 Å². The second-order valence-electron chi connectivity index (χ2n) is 6.38. The summed E-state index contributed by atoms with van der Waals surface area (Å²) in [5.41, 5.74) is 1.43. The van der Waals surface area contributed by atoms with Crippen molar-refractivity contribution < 1.29 is 9.59 Å². The van der Waals surface area contributed by atoms with Gasteiger partial charge < -0.3 is 10.6 Å². The molecule has 1 heterocycles. The van der Waals surface area contributed by atoms with E-state index in [0.717, 1.165) is 25.7 Å². The van der Waals surface area contributed by atoms with Crippen LogP contribution in [0.4, 0.5) is 5.69 Å². The highest BCUT2D eigenvalue weighted by Gasteiger charge is 2.18. The van der Waals surface area contributed by atoms with E-state index in [9.17, 15) is 9.59 Å². The van der Waals surface area contributed by atoms with E-state index in [1.807, 2.05) is 6.07 Å². The first-order valence-electron chi connectivity index (χ1n) is 8.74. The van der Waals surface area contributed by atoms with Gasteiger partial charge in [0, 0.05) is 18.4 Å². The van der Waals surface area contributed by atoms with Crippen LogP contribution in [0.15, 0.2) is 42.7 Å². The van der Waals surface area contributed by atoms with Crippen molar-refractivity contribution in [1.29, 1.82) is 5.26 Å². The zero-order chi connectivity index (χ0) is 18.4. The molecule has 1 aliphatic carbocycles. The zero-order valence-electron chi connectivity index (χ0n) is 14.4. The van der Waals surface area contributed by atoms with Gasteiger partial charge in [0.2, 0.25) is 0 Å². The number of carbonyl (C=O) groups is 2. The lowest BCUT2D eigenvalue weighted by Gasteiger charge is -2.22. The summed E-state index contributed by atoms with van der Waals surface area (Å²) in [6.07, 6.45) is 8.32. The maximum absolute atomic E-state index is 12.5. The maximum atomic E-state index is 12.5. The Morgan fingerprint density at radius 2 is 1.73 bits per heavy atom. The summed E-state index contributed by atoms with van der Waals surface area (Å²) in [4.78, 5) is 28.9. The van der Waals surface area contributed by atoms with Crippen molar-refractivity contribution in [2.45, 2.75) is 38.1 Å². The third-order valence-corrected chi connectivity index (χ3v) is 4.50. The Bertz CT molecular complexity index is 851. The van der Waals surface area contributed by atoms with Gasteiger partial charge in [-0.1, -0.05) is 31.4 Å². The number of amides is 2. The Hall–Kier alpha value is -3.20. The number of hydrogen-bond donors (Lipinski definition) is 2. The van der Waals surface area contributed by atoms with Gasteiger partial charge in [-0.05, 0) is 31.0 Å². The minimum Gasteiger partial charge on any atom is -0.349 e. The second-order valence-corrected chi connectivity index (χ2v) is 6.38. The van der Waals surface area contributed by atoms with Crippen LogP contribution in [0.3, 0.4) is 0 Å². The fourth-order valence-corrected chi connectivity index (χ4v) is 3.09. The lowest BCUT2D eigenvalue weighted by molar-refractivity contribution is 0.0927. The molecule has 0 aliphatic heterocycles. The van der Waals surface area contributed by atoms with Crippen molar-refractivity contribution in [3.63, 3.8) is 0 Å².